The van der Waals surface area contributed by atoms with Crippen LogP contribution in [0.25, 0.3) is 5.69 Å². The fourth-order valence-corrected chi connectivity index (χ4v) is 2.18. The van der Waals surface area contributed by atoms with Crippen LogP contribution >= 0.6 is 22.6 Å². The van der Waals surface area contributed by atoms with Gasteiger partial charge in [-0.25, -0.2) is 9.78 Å². The Morgan fingerprint density at radius 3 is 2.88 bits per heavy atom. The molecule has 0 amide bonds. The molecule has 1 heterocycles. The van der Waals surface area contributed by atoms with Crippen molar-refractivity contribution in [2.75, 3.05) is 7.11 Å². The van der Waals surface area contributed by atoms with Crippen molar-refractivity contribution in [3.63, 3.8) is 0 Å². The molecule has 0 unspecified atom stereocenters. The van der Waals surface area contributed by atoms with Gasteiger partial charge >= 0.3 is 5.97 Å². The van der Waals surface area contributed by atoms with Crippen LogP contribution in [0.15, 0.2) is 30.7 Å². The van der Waals surface area contributed by atoms with Gasteiger partial charge < -0.3 is 9.84 Å². The number of halogens is 1. The van der Waals surface area contributed by atoms with Gasteiger partial charge in [-0.2, -0.15) is 0 Å². The van der Waals surface area contributed by atoms with Gasteiger partial charge in [0.1, 0.15) is 5.75 Å². The molecule has 0 aliphatic rings. The maximum absolute atomic E-state index is 11.0. The number of carbonyl (C=O) groups is 1. The highest BCUT2D eigenvalue weighted by Crippen LogP contribution is 2.24. The summed E-state index contributed by atoms with van der Waals surface area (Å²) in [6, 6.07) is 5.42. The number of rotatable bonds is 3. The minimum atomic E-state index is -1.01. The van der Waals surface area contributed by atoms with Crippen molar-refractivity contribution >= 4 is 28.6 Å². The summed E-state index contributed by atoms with van der Waals surface area (Å²) >= 11 is 2.13. The van der Waals surface area contributed by atoms with Crippen LogP contribution in [0.4, 0.5) is 0 Å². The number of hydrogen-bond acceptors (Lipinski definition) is 3. The molecule has 88 valence electrons. The van der Waals surface area contributed by atoms with Gasteiger partial charge in [0.05, 0.1) is 23.2 Å². The summed E-state index contributed by atoms with van der Waals surface area (Å²) in [4.78, 5) is 14.8. The number of nitrogens with zero attached hydrogens (tertiary/aromatic N) is 2. The molecule has 6 heteroatoms. The van der Waals surface area contributed by atoms with Crippen LogP contribution in [-0.4, -0.2) is 27.7 Å². The maximum atomic E-state index is 11.0. The second kappa shape index (κ2) is 4.74. The molecule has 17 heavy (non-hydrogen) atoms. The zero-order valence-electron chi connectivity index (χ0n) is 8.92. The lowest BCUT2D eigenvalue weighted by Crippen LogP contribution is -2.05. The van der Waals surface area contributed by atoms with E-state index in [4.69, 9.17) is 9.84 Å². The first-order valence-electron chi connectivity index (χ1n) is 4.73. The average Bonchev–Trinajstić information content (AvgIpc) is 2.77. The summed E-state index contributed by atoms with van der Waals surface area (Å²) in [6.45, 7) is 0. The molecule has 0 saturated carbocycles. The summed E-state index contributed by atoms with van der Waals surface area (Å²) in [5.41, 5.74) is 0.871. The highest BCUT2D eigenvalue weighted by molar-refractivity contribution is 14.1. The Balaban J connectivity index is 2.50. The monoisotopic (exact) mass is 344 g/mol. The quantitative estimate of drug-likeness (QED) is 0.867. The number of aromatic nitrogens is 2. The number of benzene rings is 1. The number of carboxylic acid groups (broad SMARTS) is 1. The van der Waals surface area contributed by atoms with Crippen LogP contribution in [0.2, 0.25) is 0 Å². The summed E-state index contributed by atoms with van der Waals surface area (Å²) in [5.74, 6) is -0.250. The molecule has 0 atom stereocenters. The Morgan fingerprint density at radius 1 is 1.53 bits per heavy atom. The van der Waals surface area contributed by atoms with Crippen LogP contribution in [-0.2, 0) is 0 Å². The Morgan fingerprint density at radius 2 is 2.29 bits per heavy atom. The highest BCUT2D eigenvalue weighted by Gasteiger charge is 2.12. The van der Waals surface area contributed by atoms with Crippen molar-refractivity contribution in [2.24, 2.45) is 0 Å². The van der Waals surface area contributed by atoms with E-state index in [1.165, 1.54) is 17.1 Å². The zero-order chi connectivity index (χ0) is 12.4. The fraction of sp³-hybridized carbons (Fsp3) is 0.0909. The van der Waals surface area contributed by atoms with Crippen molar-refractivity contribution < 1.29 is 14.6 Å². The van der Waals surface area contributed by atoms with Crippen molar-refractivity contribution in [3.8, 4) is 11.4 Å². The molecule has 0 bridgehead atoms. The van der Waals surface area contributed by atoms with E-state index >= 15 is 0 Å². The third kappa shape index (κ3) is 2.26. The minimum Gasteiger partial charge on any atom is -0.496 e. The molecule has 0 fully saturated rings. The molecule has 1 aromatic carbocycles. The summed E-state index contributed by atoms with van der Waals surface area (Å²) < 4.78 is 7.57. The zero-order valence-corrected chi connectivity index (χ0v) is 11.1. The van der Waals surface area contributed by atoms with Crippen LogP contribution in [0.3, 0.4) is 0 Å². The predicted molar refractivity (Wildman–Crippen MR) is 69.8 cm³/mol. The Labute approximate surface area is 111 Å². The van der Waals surface area contributed by atoms with Crippen molar-refractivity contribution in [1.29, 1.82) is 0 Å². The van der Waals surface area contributed by atoms with Gasteiger partial charge in [0.15, 0.2) is 5.69 Å². The molecular formula is C11H9IN2O3. The van der Waals surface area contributed by atoms with Gasteiger partial charge in [0.2, 0.25) is 0 Å². The largest absolute Gasteiger partial charge is 0.496 e. The summed E-state index contributed by atoms with van der Waals surface area (Å²) in [7, 11) is 1.59. The van der Waals surface area contributed by atoms with Gasteiger partial charge in [-0.3, -0.25) is 4.57 Å². The predicted octanol–water partition coefficient (Wildman–Crippen LogP) is 2.18. The van der Waals surface area contributed by atoms with Gasteiger partial charge in [-0.15, -0.1) is 0 Å². The molecule has 1 N–H and O–H groups in total. The number of hydrogen-bond donors (Lipinski definition) is 1. The van der Waals surface area contributed by atoms with Gasteiger partial charge in [-0.05, 0) is 40.8 Å². The topological polar surface area (TPSA) is 64.4 Å². The third-order valence-corrected chi connectivity index (χ3v) is 3.11. The number of carboxylic acids is 1. The van der Waals surface area contributed by atoms with Gasteiger partial charge in [0, 0.05) is 5.69 Å². The standard InChI is InChI=1S/C11H9IN2O3/c1-17-10-3-2-7(4-8(10)12)14-6-13-5-9(14)11(15)16/h2-6H,1H3,(H,15,16). The number of aromatic carboxylic acids is 1. The molecule has 0 spiro atoms. The molecule has 5 nitrogen and oxygen atoms in total. The smallest absolute Gasteiger partial charge is 0.354 e. The molecular weight excluding hydrogens is 335 g/mol. The first kappa shape index (κ1) is 11.9. The average molecular weight is 344 g/mol. The first-order valence-corrected chi connectivity index (χ1v) is 5.81. The minimum absolute atomic E-state index is 0.131. The van der Waals surface area contributed by atoms with Crippen molar-refractivity contribution in [3.05, 3.63) is 40.0 Å². The van der Waals surface area contributed by atoms with Crippen LogP contribution in [0.5, 0.6) is 5.75 Å². The molecule has 0 aliphatic carbocycles. The van der Waals surface area contributed by atoms with E-state index in [2.05, 4.69) is 27.6 Å². The van der Waals surface area contributed by atoms with Crippen LogP contribution in [0.1, 0.15) is 10.5 Å². The maximum Gasteiger partial charge on any atom is 0.354 e. The lowest BCUT2D eigenvalue weighted by atomic mass is 10.3. The summed E-state index contributed by atoms with van der Waals surface area (Å²) in [5, 5.41) is 9.00. The van der Waals surface area contributed by atoms with E-state index in [0.717, 1.165) is 15.0 Å². The molecule has 2 aromatic rings. The van der Waals surface area contributed by atoms with Crippen molar-refractivity contribution in [2.45, 2.75) is 0 Å². The third-order valence-electron chi connectivity index (χ3n) is 2.27. The number of ether oxygens (including phenoxy) is 1. The van der Waals surface area contributed by atoms with E-state index < -0.39 is 5.97 Å². The Hall–Kier alpha value is -1.57. The van der Waals surface area contributed by atoms with Gasteiger partial charge in [0.25, 0.3) is 0 Å². The van der Waals surface area contributed by atoms with Crippen molar-refractivity contribution in [1.82, 2.24) is 9.55 Å². The van der Waals surface area contributed by atoms with Gasteiger partial charge in [-0.1, -0.05) is 0 Å². The van der Waals surface area contributed by atoms with E-state index in [0.29, 0.717) is 0 Å². The van der Waals surface area contributed by atoms with E-state index in [9.17, 15) is 4.79 Å². The van der Waals surface area contributed by atoms with Crippen LogP contribution in [0, 0.1) is 3.57 Å². The molecule has 0 aliphatic heterocycles. The molecule has 0 radical (unpaired) electrons. The highest BCUT2D eigenvalue weighted by atomic mass is 127. The molecule has 1 aromatic heterocycles. The number of methoxy groups -OCH3 is 1. The van der Waals surface area contributed by atoms with Crippen LogP contribution < -0.4 is 4.74 Å². The second-order valence-electron chi connectivity index (χ2n) is 3.27. The fourth-order valence-electron chi connectivity index (χ4n) is 1.46. The Kier molecular flexibility index (Phi) is 3.32. The van der Waals surface area contributed by atoms with E-state index in [1.807, 2.05) is 6.07 Å². The SMILES string of the molecule is COc1ccc(-n2cncc2C(=O)O)cc1I. The lowest BCUT2D eigenvalue weighted by Gasteiger charge is -2.08. The first-order chi connectivity index (χ1) is 8.13. The van der Waals surface area contributed by atoms with E-state index in [-0.39, 0.29) is 5.69 Å². The summed E-state index contributed by atoms with van der Waals surface area (Å²) in [6.07, 6.45) is 2.79. The van der Waals surface area contributed by atoms with E-state index in [1.54, 1.807) is 19.2 Å². The second-order valence-corrected chi connectivity index (χ2v) is 4.44. The Bertz CT molecular complexity index is 566. The molecule has 0 saturated heterocycles. The molecule has 2 rings (SSSR count). The normalized spacial score (nSPS) is 10.2. The lowest BCUT2D eigenvalue weighted by molar-refractivity contribution is 0.0688. The number of imidazole rings is 1.